The van der Waals surface area contributed by atoms with E-state index in [4.69, 9.17) is 4.74 Å². The van der Waals surface area contributed by atoms with Gasteiger partial charge in [0.15, 0.2) is 0 Å². The molecular formula is C24H27N3O2. The summed E-state index contributed by atoms with van der Waals surface area (Å²) in [5, 5.41) is 1.30. The molecule has 1 saturated heterocycles. The summed E-state index contributed by atoms with van der Waals surface area (Å²) in [4.78, 5) is 20.8. The van der Waals surface area contributed by atoms with E-state index in [-0.39, 0.29) is 11.4 Å². The molecule has 3 aromatic rings. The first-order valence-electron chi connectivity index (χ1n) is 10.5. The number of carbonyl (C=O) groups excluding carboxylic acids is 1. The van der Waals surface area contributed by atoms with Crippen molar-refractivity contribution in [3.05, 3.63) is 65.9 Å². The lowest BCUT2D eigenvalue weighted by Crippen LogP contribution is -2.54. The van der Waals surface area contributed by atoms with E-state index in [0.29, 0.717) is 6.61 Å². The Bertz CT molecular complexity index is 1030. The molecule has 150 valence electrons. The van der Waals surface area contributed by atoms with Gasteiger partial charge in [-0.25, -0.2) is 0 Å². The monoisotopic (exact) mass is 389 g/mol. The normalized spacial score (nSPS) is 21.6. The largest absolute Gasteiger partial charge is 0.492 e. The minimum absolute atomic E-state index is 0.164. The van der Waals surface area contributed by atoms with Crippen molar-refractivity contribution in [1.82, 2.24) is 14.8 Å². The maximum absolute atomic E-state index is 12.6. The molecule has 1 fully saturated rings. The van der Waals surface area contributed by atoms with Crippen molar-refractivity contribution in [3.63, 3.8) is 0 Å². The van der Waals surface area contributed by atoms with Crippen LogP contribution in [-0.4, -0.2) is 53.5 Å². The molecule has 2 aliphatic rings. The lowest BCUT2D eigenvalue weighted by molar-refractivity contribution is -0.136. The maximum Gasteiger partial charge on any atom is 0.220 e. The Labute approximate surface area is 171 Å². The van der Waals surface area contributed by atoms with Gasteiger partial charge < -0.3 is 14.6 Å². The number of rotatable bonds is 4. The van der Waals surface area contributed by atoms with Gasteiger partial charge in [0.05, 0.1) is 5.54 Å². The number of amides is 1. The summed E-state index contributed by atoms with van der Waals surface area (Å²) in [7, 11) is 0. The Hall–Kier alpha value is -2.79. The lowest BCUT2D eigenvalue weighted by atomic mass is 9.84. The van der Waals surface area contributed by atoms with Crippen LogP contribution in [0.4, 0.5) is 0 Å². The molecule has 1 N–H and O–H groups in total. The number of fused-ring (bicyclic) bond motifs is 4. The third-order valence-corrected chi connectivity index (χ3v) is 6.51. The van der Waals surface area contributed by atoms with Gasteiger partial charge >= 0.3 is 0 Å². The minimum atomic E-state index is -0.259. The predicted octanol–water partition coefficient (Wildman–Crippen LogP) is 3.55. The van der Waals surface area contributed by atoms with Gasteiger partial charge in [-0.1, -0.05) is 36.4 Å². The third kappa shape index (κ3) is 3.10. The fraction of sp³-hybridized carbons (Fsp3) is 0.375. The molecule has 1 spiro atoms. The van der Waals surface area contributed by atoms with Crippen LogP contribution in [0, 0.1) is 0 Å². The van der Waals surface area contributed by atoms with E-state index >= 15 is 0 Å². The first kappa shape index (κ1) is 18.3. The van der Waals surface area contributed by atoms with Crippen molar-refractivity contribution in [3.8, 4) is 5.75 Å². The topological polar surface area (TPSA) is 48.6 Å². The Kier molecular flexibility index (Phi) is 4.55. The fourth-order valence-electron chi connectivity index (χ4n) is 5.18. The van der Waals surface area contributed by atoms with Crippen LogP contribution in [0.15, 0.2) is 54.6 Å². The molecule has 2 aromatic carbocycles. The molecule has 1 unspecified atom stereocenters. The molecule has 29 heavy (non-hydrogen) atoms. The predicted molar refractivity (Wildman–Crippen MR) is 114 cm³/mol. The fourth-order valence-corrected chi connectivity index (χ4v) is 5.18. The molecule has 0 saturated carbocycles. The van der Waals surface area contributed by atoms with Crippen molar-refractivity contribution in [1.29, 1.82) is 0 Å². The van der Waals surface area contributed by atoms with Crippen LogP contribution in [0.1, 0.15) is 24.6 Å². The average Bonchev–Trinajstić information content (AvgIpc) is 3.32. The maximum atomic E-state index is 12.6. The Morgan fingerprint density at radius 2 is 1.90 bits per heavy atom. The van der Waals surface area contributed by atoms with Crippen molar-refractivity contribution in [2.45, 2.75) is 25.3 Å². The van der Waals surface area contributed by atoms with Crippen LogP contribution in [-0.2, 0) is 16.8 Å². The van der Waals surface area contributed by atoms with Gasteiger partial charge in [-0.3, -0.25) is 9.69 Å². The van der Waals surface area contributed by atoms with E-state index in [1.165, 1.54) is 22.2 Å². The number of likely N-dealkylation sites (tertiary alicyclic amines) is 1. The molecule has 3 heterocycles. The Balaban J connectivity index is 1.40. The summed E-state index contributed by atoms with van der Waals surface area (Å²) in [6.45, 7) is 5.83. The molecule has 5 rings (SSSR count). The number of H-pyrrole nitrogens is 1. The Morgan fingerprint density at radius 3 is 2.72 bits per heavy atom. The molecule has 1 atom stereocenters. The highest BCUT2D eigenvalue weighted by molar-refractivity contribution is 5.86. The van der Waals surface area contributed by atoms with Crippen LogP contribution in [0.25, 0.3) is 10.9 Å². The highest BCUT2D eigenvalue weighted by Crippen LogP contribution is 2.44. The standard InChI is InChI=1S/C24H27N3O2/c1-18(28)27-13-11-21-20-9-5-6-10-22(20)25-23(21)24(27)12-14-26(17-24)15-16-29-19-7-3-2-4-8-19/h2-10,25H,11-17H2,1H3. The van der Waals surface area contributed by atoms with Gasteiger partial charge in [-0.05, 0) is 36.6 Å². The SMILES string of the molecule is CC(=O)N1CCc2c([nH]c3ccccc23)C12CCN(CCOc1ccccc1)C2. The van der Waals surface area contributed by atoms with Gasteiger partial charge in [0, 0.05) is 49.7 Å². The molecule has 1 amide bonds. The number of carbonyl (C=O) groups is 1. The van der Waals surface area contributed by atoms with Crippen molar-refractivity contribution < 1.29 is 9.53 Å². The van der Waals surface area contributed by atoms with E-state index in [2.05, 4.69) is 39.0 Å². The summed E-state index contributed by atoms with van der Waals surface area (Å²) in [5.41, 5.74) is 3.55. The number of para-hydroxylation sites is 2. The number of aromatic amines is 1. The van der Waals surface area contributed by atoms with Crippen molar-refractivity contribution in [2.24, 2.45) is 0 Å². The van der Waals surface area contributed by atoms with E-state index in [1.807, 2.05) is 30.3 Å². The second-order valence-electron chi connectivity index (χ2n) is 8.16. The quantitative estimate of drug-likeness (QED) is 0.742. The number of benzene rings is 2. The van der Waals surface area contributed by atoms with Crippen LogP contribution in [0.5, 0.6) is 5.75 Å². The van der Waals surface area contributed by atoms with Crippen LogP contribution < -0.4 is 4.74 Å². The van der Waals surface area contributed by atoms with Crippen molar-refractivity contribution in [2.75, 3.05) is 32.8 Å². The number of nitrogens with zero attached hydrogens (tertiary/aromatic N) is 2. The highest BCUT2D eigenvalue weighted by Gasteiger charge is 2.50. The smallest absolute Gasteiger partial charge is 0.220 e. The van der Waals surface area contributed by atoms with E-state index < -0.39 is 0 Å². The second kappa shape index (κ2) is 7.23. The van der Waals surface area contributed by atoms with Gasteiger partial charge in [0.25, 0.3) is 0 Å². The molecule has 0 aliphatic carbocycles. The zero-order valence-corrected chi connectivity index (χ0v) is 16.9. The zero-order valence-electron chi connectivity index (χ0n) is 16.9. The van der Waals surface area contributed by atoms with E-state index in [9.17, 15) is 4.79 Å². The first-order valence-corrected chi connectivity index (χ1v) is 10.5. The van der Waals surface area contributed by atoms with Gasteiger partial charge in [-0.15, -0.1) is 0 Å². The summed E-state index contributed by atoms with van der Waals surface area (Å²) >= 11 is 0. The number of ether oxygens (including phenoxy) is 1. The van der Waals surface area contributed by atoms with Crippen LogP contribution in [0.2, 0.25) is 0 Å². The zero-order chi connectivity index (χ0) is 19.8. The van der Waals surface area contributed by atoms with Crippen molar-refractivity contribution >= 4 is 16.8 Å². The molecule has 5 nitrogen and oxygen atoms in total. The molecule has 2 aliphatic heterocycles. The number of aromatic nitrogens is 1. The minimum Gasteiger partial charge on any atom is -0.492 e. The molecule has 0 radical (unpaired) electrons. The first-order chi connectivity index (χ1) is 14.2. The number of hydrogen-bond acceptors (Lipinski definition) is 3. The summed E-state index contributed by atoms with van der Waals surface area (Å²) in [6.07, 6.45) is 1.87. The van der Waals surface area contributed by atoms with Gasteiger partial charge in [0.2, 0.25) is 5.91 Å². The van der Waals surface area contributed by atoms with E-state index in [0.717, 1.165) is 44.8 Å². The molecular weight excluding hydrogens is 362 g/mol. The summed E-state index contributed by atoms with van der Waals surface area (Å²) < 4.78 is 5.91. The average molecular weight is 389 g/mol. The highest BCUT2D eigenvalue weighted by atomic mass is 16.5. The molecule has 0 bridgehead atoms. The lowest BCUT2D eigenvalue weighted by Gasteiger charge is -2.44. The van der Waals surface area contributed by atoms with Gasteiger partial charge in [0.1, 0.15) is 12.4 Å². The van der Waals surface area contributed by atoms with Crippen LogP contribution >= 0.6 is 0 Å². The number of nitrogens with one attached hydrogen (secondary N) is 1. The second-order valence-corrected chi connectivity index (χ2v) is 8.16. The Morgan fingerprint density at radius 1 is 1.10 bits per heavy atom. The molecule has 1 aromatic heterocycles. The van der Waals surface area contributed by atoms with Crippen LogP contribution in [0.3, 0.4) is 0 Å². The third-order valence-electron chi connectivity index (χ3n) is 6.51. The van der Waals surface area contributed by atoms with E-state index in [1.54, 1.807) is 6.92 Å². The molecule has 5 heteroatoms. The summed E-state index contributed by atoms with van der Waals surface area (Å²) in [6, 6.07) is 18.5. The van der Waals surface area contributed by atoms with Gasteiger partial charge in [-0.2, -0.15) is 0 Å². The number of hydrogen-bond donors (Lipinski definition) is 1. The summed E-state index contributed by atoms with van der Waals surface area (Å²) in [5.74, 6) is 1.07.